The molecule has 112 valence electrons. The number of carbonyl (C=O) groups excluding carboxylic acids is 1. The molecule has 0 saturated carbocycles. The van der Waals surface area contributed by atoms with Crippen LogP contribution in [0.4, 0.5) is 0 Å². The molecule has 3 nitrogen and oxygen atoms in total. The van der Waals surface area contributed by atoms with E-state index in [1.807, 2.05) is 21.6 Å². The van der Waals surface area contributed by atoms with Gasteiger partial charge in [-0.25, -0.2) is 4.57 Å². The molecule has 0 aliphatic heterocycles. The summed E-state index contributed by atoms with van der Waals surface area (Å²) in [5.74, 6) is 2.34. The lowest BCUT2D eigenvalue weighted by molar-refractivity contribution is -0.697. The summed E-state index contributed by atoms with van der Waals surface area (Å²) < 4.78 is 2.12. The summed E-state index contributed by atoms with van der Waals surface area (Å²) in [6, 6.07) is 4.18. The van der Waals surface area contributed by atoms with Crippen LogP contribution in [0.25, 0.3) is 0 Å². The maximum absolute atomic E-state index is 11.6. The molecular formula is C15H25N2OS2+. The van der Waals surface area contributed by atoms with Crippen LogP contribution in [0.1, 0.15) is 31.7 Å². The van der Waals surface area contributed by atoms with E-state index in [1.54, 1.807) is 0 Å². The van der Waals surface area contributed by atoms with Gasteiger partial charge in [0.15, 0.2) is 12.4 Å². The second kappa shape index (κ2) is 11.0. The lowest BCUT2D eigenvalue weighted by atomic mass is 10.2. The van der Waals surface area contributed by atoms with Crippen LogP contribution >= 0.6 is 21.6 Å². The molecule has 0 bridgehead atoms. The molecule has 0 aliphatic carbocycles. The molecule has 0 fully saturated rings. The van der Waals surface area contributed by atoms with Crippen LogP contribution in [0.15, 0.2) is 24.5 Å². The van der Waals surface area contributed by atoms with E-state index in [9.17, 15) is 4.79 Å². The zero-order valence-electron chi connectivity index (χ0n) is 12.4. The van der Waals surface area contributed by atoms with E-state index < -0.39 is 0 Å². The minimum absolute atomic E-state index is 0.166. The predicted molar refractivity (Wildman–Crippen MR) is 88.8 cm³/mol. The summed E-state index contributed by atoms with van der Waals surface area (Å²) in [4.78, 5) is 11.6. The van der Waals surface area contributed by atoms with Crippen molar-refractivity contribution >= 4 is 27.5 Å². The Kier molecular flexibility index (Phi) is 9.58. The van der Waals surface area contributed by atoms with Crippen molar-refractivity contribution in [1.82, 2.24) is 5.32 Å². The highest BCUT2D eigenvalue weighted by Gasteiger charge is 2.04. The molecule has 1 rings (SSSR count). The van der Waals surface area contributed by atoms with Crippen molar-refractivity contribution in [1.29, 1.82) is 0 Å². The van der Waals surface area contributed by atoms with Crippen molar-refractivity contribution < 1.29 is 9.36 Å². The fourth-order valence-corrected chi connectivity index (χ4v) is 3.67. The van der Waals surface area contributed by atoms with Crippen molar-refractivity contribution in [3.8, 4) is 0 Å². The van der Waals surface area contributed by atoms with E-state index >= 15 is 0 Å². The van der Waals surface area contributed by atoms with E-state index in [1.165, 1.54) is 17.7 Å². The number of nitrogens with zero attached hydrogens (tertiary/aromatic N) is 1. The minimum Gasteiger partial charge on any atom is -0.355 e. The number of pyridine rings is 1. The summed E-state index contributed by atoms with van der Waals surface area (Å²) in [6.45, 7) is 5.93. The van der Waals surface area contributed by atoms with E-state index in [0.717, 1.165) is 25.3 Å². The Labute approximate surface area is 130 Å². The molecule has 0 radical (unpaired) electrons. The highest BCUT2D eigenvalue weighted by atomic mass is 33.1. The normalized spacial score (nSPS) is 10.5. The largest absolute Gasteiger partial charge is 0.355 e. The number of carbonyl (C=O) groups is 1. The van der Waals surface area contributed by atoms with Crippen molar-refractivity contribution in [2.75, 3.05) is 18.1 Å². The first-order valence-electron chi connectivity index (χ1n) is 7.19. The fraction of sp³-hybridized carbons (Fsp3) is 0.600. The molecule has 1 aromatic heterocycles. The number of hydrogen-bond donors (Lipinski definition) is 1. The number of hydrogen-bond acceptors (Lipinski definition) is 3. The van der Waals surface area contributed by atoms with E-state index in [0.29, 0.717) is 6.42 Å². The van der Waals surface area contributed by atoms with Crippen LogP contribution in [-0.2, 0) is 11.3 Å². The van der Waals surface area contributed by atoms with Gasteiger partial charge in [0.2, 0.25) is 5.91 Å². The molecule has 0 aliphatic rings. The predicted octanol–water partition coefficient (Wildman–Crippen LogP) is 2.97. The van der Waals surface area contributed by atoms with Crippen LogP contribution in [0, 0.1) is 6.92 Å². The van der Waals surface area contributed by atoms with E-state index in [2.05, 4.69) is 48.3 Å². The third kappa shape index (κ3) is 8.48. The van der Waals surface area contributed by atoms with Gasteiger partial charge >= 0.3 is 0 Å². The highest BCUT2D eigenvalue weighted by Crippen LogP contribution is 2.20. The molecule has 0 saturated heterocycles. The molecule has 1 N–H and O–H groups in total. The third-order valence-electron chi connectivity index (χ3n) is 2.76. The Hall–Kier alpha value is -0.680. The number of aryl methyl sites for hydroxylation is 2. The Morgan fingerprint density at radius 2 is 1.95 bits per heavy atom. The first-order chi connectivity index (χ1) is 9.72. The van der Waals surface area contributed by atoms with Crippen molar-refractivity contribution in [3.05, 3.63) is 30.1 Å². The molecule has 20 heavy (non-hydrogen) atoms. The average molecular weight is 314 g/mol. The van der Waals surface area contributed by atoms with Gasteiger partial charge in [0.25, 0.3) is 0 Å². The molecule has 5 heteroatoms. The molecule has 1 amide bonds. The van der Waals surface area contributed by atoms with Crippen LogP contribution < -0.4 is 9.88 Å². The lowest BCUT2D eigenvalue weighted by Gasteiger charge is -2.04. The number of aromatic nitrogens is 1. The van der Waals surface area contributed by atoms with Gasteiger partial charge in [0.1, 0.15) is 6.54 Å². The van der Waals surface area contributed by atoms with Gasteiger partial charge < -0.3 is 5.32 Å². The molecular weight excluding hydrogens is 288 g/mol. The zero-order valence-corrected chi connectivity index (χ0v) is 14.1. The smallest absolute Gasteiger partial charge is 0.220 e. The summed E-state index contributed by atoms with van der Waals surface area (Å²) in [5.41, 5.74) is 1.26. The van der Waals surface area contributed by atoms with Gasteiger partial charge in [-0.3, -0.25) is 4.79 Å². The molecule has 1 heterocycles. The molecule has 0 aromatic carbocycles. The van der Waals surface area contributed by atoms with Gasteiger partial charge in [0.05, 0.1) is 0 Å². The summed E-state index contributed by atoms with van der Waals surface area (Å²) >= 11 is 0. The molecule has 0 spiro atoms. The summed E-state index contributed by atoms with van der Waals surface area (Å²) in [6.07, 6.45) is 6.83. The SMILES string of the molecule is CCCSSCCNC(=O)CCC[n+]1ccc(C)cc1. The second-order valence-electron chi connectivity index (χ2n) is 4.71. The van der Waals surface area contributed by atoms with E-state index in [4.69, 9.17) is 0 Å². The zero-order chi connectivity index (χ0) is 14.6. The molecule has 0 atom stereocenters. The van der Waals surface area contributed by atoms with E-state index in [-0.39, 0.29) is 5.91 Å². The van der Waals surface area contributed by atoms with Gasteiger partial charge in [-0.05, 0) is 18.9 Å². The Morgan fingerprint density at radius 3 is 2.65 bits per heavy atom. The summed E-state index contributed by atoms with van der Waals surface area (Å²) in [5, 5.41) is 2.97. The Balaban J connectivity index is 2.01. The first kappa shape index (κ1) is 17.4. The van der Waals surface area contributed by atoms with Gasteiger partial charge in [0, 0.05) is 43.0 Å². The average Bonchev–Trinajstić information content (AvgIpc) is 2.45. The number of nitrogens with one attached hydrogen (secondary N) is 1. The van der Waals surface area contributed by atoms with Crippen LogP contribution in [0.3, 0.4) is 0 Å². The standard InChI is InChI=1S/C15H24N2OS2/c1-3-12-19-20-13-8-16-15(18)5-4-9-17-10-6-14(2)7-11-17/h6-7,10-11H,3-5,8-9,12-13H2,1-2H3/p+1. The molecule has 1 aromatic rings. The Morgan fingerprint density at radius 1 is 1.25 bits per heavy atom. The highest BCUT2D eigenvalue weighted by molar-refractivity contribution is 8.76. The monoisotopic (exact) mass is 313 g/mol. The number of rotatable bonds is 10. The van der Waals surface area contributed by atoms with Crippen LogP contribution in [-0.4, -0.2) is 24.0 Å². The van der Waals surface area contributed by atoms with Crippen molar-refractivity contribution in [2.24, 2.45) is 0 Å². The quantitative estimate of drug-likeness (QED) is 0.409. The second-order valence-corrected chi connectivity index (χ2v) is 7.41. The maximum atomic E-state index is 11.6. The Bertz CT molecular complexity index is 382. The minimum atomic E-state index is 0.166. The topological polar surface area (TPSA) is 33.0 Å². The maximum Gasteiger partial charge on any atom is 0.220 e. The van der Waals surface area contributed by atoms with Crippen LogP contribution in [0.2, 0.25) is 0 Å². The van der Waals surface area contributed by atoms with Gasteiger partial charge in [-0.2, -0.15) is 0 Å². The van der Waals surface area contributed by atoms with Gasteiger partial charge in [-0.15, -0.1) is 0 Å². The lowest BCUT2D eigenvalue weighted by Crippen LogP contribution is -2.34. The first-order valence-corrected chi connectivity index (χ1v) is 9.68. The third-order valence-corrected chi connectivity index (χ3v) is 5.37. The van der Waals surface area contributed by atoms with Crippen molar-refractivity contribution in [3.63, 3.8) is 0 Å². The van der Waals surface area contributed by atoms with Crippen LogP contribution in [0.5, 0.6) is 0 Å². The molecule has 0 unspecified atom stereocenters. The number of amides is 1. The summed E-state index contributed by atoms with van der Waals surface area (Å²) in [7, 11) is 3.72. The van der Waals surface area contributed by atoms with Crippen molar-refractivity contribution in [2.45, 2.75) is 39.7 Å². The fourth-order valence-electron chi connectivity index (χ4n) is 1.62. The van der Waals surface area contributed by atoms with Gasteiger partial charge in [-0.1, -0.05) is 28.5 Å².